The number of rotatable bonds is 10. The van der Waals surface area contributed by atoms with Gasteiger partial charge in [-0.05, 0) is 49.3 Å². The Bertz CT molecular complexity index is 589. The van der Waals surface area contributed by atoms with E-state index in [1.165, 1.54) is 0 Å². The number of nitrogens with one attached hydrogen (secondary N) is 3. The van der Waals surface area contributed by atoms with Crippen molar-refractivity contribution in [2.75, 3.05) is 26.7 Å². The van der Waals surface area contributed by atoms with E-state index in [2.05, 4.69) is 34.8 Å². The van der Waals surface area contributed by atoms with Crippen LogP contribution in [0.4, 0.5) is 0 Å². The van der Waals surface area contributed by atoms with E-state index in [-0.39, 0.29) is 41.9 Å². The lowest BCUT2D eigenvalue weighted by Crippen LogP contribution is -2.43. The highest BCUT2D eigenvalue weighted by molar-refractivity contribution is 14.0. The predicted molar refractivity (Wildman–Crippen MR) is 123 cm³/mol. The van der Waals surface area contributed by atoms with E-state index in [9.17, 15) is 9.90 Å². The lowest BCUT2D eigenvalue weighted by molar-refractivity contribution is 0.0963. The average molecular weight is 490 g/mol. The van der Waals surface area contributed by atoms with Crippen LogP contribution in [-0.4, -0.2) is 43.7 Å². The molecule has 0 saturated heterocycles. The van der Waals surface area contributed by atoms with Crippen LogP contribution in [0.15, 0.2) is 29.3 Å². The molecule has 27 heavy (non-hydrogen) atoms. The maximum atomic E-state index is 11.8. The molecule has 0 spiro atoms. The van der Waals surface area contributed by atoms with Crippen molar-refractivity contribution in [1.82, 2.24) is 16.0 Å². The van der Waals surface area contributed by atoms with E-state index >= 15 is 0 Å². The Kier molecular flexibility index (Phi) is 13.1. The van der Waals surface area contributed by atoms with E-state index < -0.39 is 0 Å². The minimum Gasteiger partial charge on any atom is -0.396 e. The first-order valence-electron chi connectivity index (χ1n) is 9.48. The highest BCUT2D eigenvalue weighted by Crippen LogP contribution is 2.29. The number of benzene rings is 1. The van der Waals surface area contributed by atoms with Gasteiger partial charge in [-0.25, -0.2) is 4.99 Å². The van der Waals surface area contributed by atoms with Gasteiger partial charge in [-0.15, -0.1) is 24.0 Å². The van der Waals surface area contributed by atoms with Crippen LogP contribution in [0, 0.1) is 5.41 Å². The zero-order valence-electron chi connectivity index (χ0n) is 17.0. The van der Waals surface area contributed by atoms with Gasteiger partial charge in [0.15, 0.2) is 5.96 Å². The Hall–Kier alpha value is -1.35. The molecule has 6 nitrogen and oxygen atoms in total. The van der Waals surface area contributed by atoms with Gasteiger partial charge in [0.05, 0.1) is 6.54 Å². The van der Waals surface area contributed by atoms with Crippen LogP contribution >= 0.6 is 24.0 Å². The number of aliphatic imine (C=N–C) groups is 1. The Morgan fingerprint density at radius 1 is 1.19 bits per heavy atom. The molecule has 0 fully saturated rings. The fourth-order valence-corrected chi connectivity index (χ4v) is 2.92. The monoisotopic (exact) mass is 490 g/mol. The highest BCUT2D eigenvalue weighted by atomic mass is 127. The molecule has 0 aromatic heterocycles. The Labute approximate surface area is 180 Å². The summed E-state index contributed by atoms with van der Waals surface area (Å²) in [5, 5.41) is 18.7. The zero-order valence-corrected chi connectivity index (χ0v) is 19.3. The molecule has 0 heterocycles. The summed E-state index contributed by atoms with van der Waals surface area (Å²) in [5.41, 5.74) is 1.69. The first-order chi connectivity index (χ1) is 12.5. The topological polar surface area (TPSA) is 85.8 Å². The number of halogens is 1. The normalized spacial score (nSPS) is 11.5. The molecule has 1 aromatic carbocycles. The molecule has 1 rings (SSSR count). The highest BCUT2D eigenvalue weighted by Gasteiger charge is 2.25. The predicted octanol–water partition coefficient (Wildman–Crippen LogP) is 2.91. The quantitative estimate of drug-likeness (QED) is 0.231. The van der Waals surface area contributed by atoms with Gasteiger partial charge < -0.3 is 21.1 Å². The summed E-state index contributed by atoms with van der Waals surface area (Å²) in [6.45, 7) is 8.59. The third-order valence-electron chi connectivity index (χ3n) is 4.95. The van der Waals surface area contributed by atoms with Gasteiger partial charge in [0.1, 0.15) is 0 Å². The lowest BCUT2D eigenvalue weighted by Gasteiger charge is -2.32. The van der Waals surface area contributed by atoms with E-state index in [0.717, 1.165) is 43.9 Å². The number of hydrogen-bond donors (Lipinski definition) is 4. The van der Waals surface area contributed by atoms with Crippen molar-refractivity contribution in [2.45, 2.75) is 46.6 Å². The average Bonchev–Trinajstić information content (AvgIpc) is 2.68. The number of hydrogen-bond acceptors (Lipinski definition) is 3. The smallest absolute Gasteiger partial charge is 0.251 e. The van der Waals surface area contributed by atoms with E-state index in [1.807, 2.05) is 25.1 Å². The number of aliphatic hydroxyl groups is 1. The van der Waals surface area contributed by atoms with Crippen molar-refractivity contribution in [3.63, 3.8) is 0 Å². The summed E-state index contributed by atoms with van der Waals surface area (Å²) in [6, 6.07) is 7.49. The largest absolute Gasteiger partial charge is 0.396 e. The number of carbonyl (C=O) groups excluding carboxylic acids is 1. The molecule has 0 aliphatic heterocycles. The number of amides is 1. The van der Waals surface area contributed by atoms with E-state index in [0.29, 0.717) is 12.1 Å². The maximum Gasteiger partial charge on any atom is 0.251 e. The van der Waals surface area contributed by atoms with Crippen LogP contribution < -0.4 is 16.0 Å². The molecule has 4 N–H and O–H groups in total. The van der Waals surface area contributed by atoms with Gasteiger partial charge in [-0.3, -0.25) is 4.79 Å². The van der Waals surface area contributed by atoms with E-state index in [4.69, 9.17) is 0 Å². The standard InChI is InChI=1S/C20H34N4O2.HI/c1-5-20(6-2,11-12-25)15-24-19(22-7-3)23-14-16-9-8-10-17(13-16)18(26)21-4;/h8-10,13,25H,5-7,11-12,14-15H2,1-4H3,(H,21,26)(H2,22,23,24);1H. The van der Waals surface area contributed by atoms with Crippen molar-refractivity contribution >= 4 is 35.8 Å². The lowest BCUT2D eigenvalue weighted by atomic mass is 9.79. The van der Waals surface area contributed by atoms with E-state index in [1.54, 1.807) is 13.1 Å². The second-order valence-electron chi connectivity index (χ2n) is 6.51. The molecule has 0 unspecified atom stereocenters. The second-order valence-corrected chi connectivity index (χ2v) is 6.51. The summed E-state index contributed by atoms with van der Waals surface area (Å²) in [4.78, 5) is 16.4. The first kappa shape index (κ1) is 25.6. The molecule has 0 aliphatic carbocycles. The molecule has 7 heteroatoms. The zero-order chi connectivity index (χ0) is 19.4. The third-order valence-corrected chi connectivity index (χ3v) is 4.95. The molecular weight excluding hydrogens is 455 g/mol. The van der Waals surface area contributed by atoms with Gasteiger partial charge in [-0.1, -0.05) is 26.0 Å². The first-order valence-corrected chi connectivity index (χ1v) is 9.48. The maximum absolute atomic E-state index is 11.8. The van der Waals surface area contributed by atoms with Crippen LogP contribution in [-0.2, 0) is 6.54 Å². The molecular formula is C20H35IN4O2. The van der Waals surface area contributed by atoms with Crippen molar-refractivity contribution in [1.29, 1.82) is 0 Å². The molecule has 0 aliphatic rings. The molecule has 154 valence electrons. The second kappa shape index (κ2) is 13.8. The van der Waals surface area contributed by atoms with Gasteiger partial charge >= 0.3 is 0 Å². The van der Waals surface area contributed by atoms with Crippen LogP contribution in [0.1, 0.15) is 56.0 Å². The molecule has 1 aromatic rings. The van der Waals surface area contributed by atoms with Crippen molar-refractivity contribution in [3.05, 3.63) is 35.4 Å². The van der Waals surface area contributed by atoms with Crippen molar-refractivity contribution in [3.8, 4) is 0 Å². The number of carbonyl (C=O) groups is 1. The van der Waals surface area contributed by atoms with Crippen LogP contribution in [0.3, 0.4) is 0 Å². The molecule has 0 bridgehead atoms. The Morgan fingerprint density at radius 3 is 2.44 bits per heavy atom. The SMILES string of the molecule is CCNC(=NCc1cccc(C(=O)NC)c1)NCC(CC)(CC)CCO.I. The Morgan fingerprint density at radius 2 is 1.89 bits per heavy atom. The summed E-state index contributed by atoms with van der Waals surface area (Å²) in [5.74, 6) is 0.655. The summed E-state index contributed by atoms with van der Waals surface area (Å²) >= 11 is 0. The molecule has 1 amide bonds. The molecule has 0 atom stereocenters. The summed E-state index contributed by atoms with van der Waals surface area (Å²) < 4.78 is 0. The van der Waals surface area contributed by atoms with Crippen molar-refractivity contribution in [2.24, 2.45) is 10.4 Å². The number of nitrogens with zero attached hydrogens (tertiary/aromatic N) is 1. The molecule has 0 radical (unpaired) electrons. The van der Waals surface area contributed by atoms with Gasteiger partial charge in [0.2, 0.25) is 0 Å². The minimum absolute atomic E-state index is 0. The fraction of sp³-hybridized carbons (Fsp3) is 0.600. The number of guanidine groups is 1. The summed E-state index contributed by atoms with van der Waals surface area (Å²) in [7, 11) is 1.63. The third kappa shape index (κ3) is 8.47. The van der Waals surface area contributed by atoms with Gasteiger partial charge in [-0.2, -0.15) is 0 Å². The van der Waals surface area contributed by atoms with Gasteiger partial charge in [0, 0.05) is 32.3 Å². The van der Waals surface area contributed by atoms with Gasteiger partial charge in [0.25, 0.3) is 5.91 Å². The van der Waals surface area contributed by atoms with Crippen LogP contribution in [0.5, 0.6) is 0 Å². The molecule has 0 saturated carbocycles. The van der Waals surface area contributed by atoms with Crippen LogP contribution in [0.2, 0.25) is 0 Å². The van der Waals surface area contributed by atoms with Crippen molar-refractivity contribution < 1.29 is 9.90 Å². The minimum atomic E-state index is -0.0967. The fourth-order valence-electron chi connectivity index (χ4n) is 2.92. The Balaban J connectivity index is 0.00000676. The number of aliphatic hydroxyl groups excluding tert-OH is 1. The summed E-state index contributed by atoms with van der Waals surface area (Å²) in [6.07, 6.45) is 2.79. The van der Waals surface area contributed by atoms with Crippen LogP contribution in [0.25, 0.3) is 0 Å².